The number of benzene rings is 3. The summed E-state index contributed by atoms with van der Waals surface area (Å²) in [5.74, 6) is -1.98. The van der Waals surface area contributed by atoms with Crippen LogP contribution in [0.3, 0.4) is 0 Å². The zero-order chi connectivity index (χ0) is 25.4. The van der Waals surface area contributed by atoms with E-state index in [4.69, 9.17) is 4.74 Å². The second-order valence-corrected chi connectivity index (χ2v) is 9.48. The third-order valence-corrected chi connectivity index (χ3v) is 6.83. The van der Waals surface area contributed by atoms with Crippen molar-refractivity contribution < 1.29 is 27.1 Å². The molecule has 10 heteroatoms. The molecule has 0 aliphatic heterocycles. The molecule has 0 fully saturated rings. The maximum Gasteiger partial charge on any atom is 0.264 e. The number of halogens is 1. The largest absolute Gasteiger partial charge is 0.383 e. The Hall–Kier alpha value is -3.76. The number of para-hydroxylation sites is 2. The molecule has 8 nitrogen and oxygen atoms in total. The van der Waals surface area contributed by atoms with Crippen molar-refractivity contribution in [2.45, 2.75) is 11.8 Å². The molecule has 184 valence electrons. The molecule has 0 aliphatic rings. The zero-order valence-electron chi connectivity index (χ0n) is 19.3. The zero-order valence-corrected chi connectivity index (χ0v) is 20.1. The highest BCUT2D eigenvalue weighted by Crippen LogP contribution is 2.26. The lowest BCUT2D eigenvalue weighted by molar-refractivity contribution is -0.114. The van der Waals surface area contributed by atoms with Crippen LogP contribution in [-0.2, 0) is 19.6 Å². The molecule has 3 rings (SSSR count). The van der Waals surface area contributed by atoms with Crippen LogP contribution in [-0.4, -0.2) is 47.0 Å². The Balaban J connectivity index is 1.90. The third kappa shape index (κ3) is 6.43. The standard InChI is InChI=1S/C25H26FN3O5S/c1-18-11-13-19(14-12-18)35(32,33)29(23-10-6-4-8-21(23)26)17-24(30)28-22-9-5-3-7-20(22)25(31)27-15-16-34-2/h3-14H,15-17H2,1-2H3,(H,27,31)(H,28,30). The Bertz CT molecular complexity index is 1300. The third-order valence-electron chi connectivity index (χ3n) is 5.05. The number of hydrogen-bond acceptors (Lipinski definition) is 5. The van der Waals surface area contributed by atoms with Gasteiger partial charge in [-0.05, 0) is 43.3 Å². The van der Waals surface area contributed by atoms with E-state index in [1.54, 1.807) is 31.2 Å². The van der Waals surface area contributed by atoms with Crippen LogP contribution in [0, 0.1) is 12.7 Å². The van der Waals surface area contributed by atoms with Crippen LogP contribution in [0.1, 0.15) is 15.9 Å². The van der Waals surface area contributed by atoms with Crippen molar-refractivity contribution >= 4 is 33.2 Å². The molecule has 0 unspecified atom stereocenters. The second-order valence-electron chi connectivity index (χ2n) is 7.62. The van der Waals surface area contributed by atoms with Crippen LogP contribution in [0.4, 0.5) is 15.8 Å². The van der Waals surface area contributed by atoms with Crippen molar-refractivity contribution in [3.05, 3.63) is 89.7 Å². The smallest absolute Gasteiger partial charge is 0.264 e. The van der Waals surface area contributed by atoms with Crippen molar-refractivity contribution in [3.8, 4) is 0 Å². The molecule has 0 spiro atoms. The van der Waals surface area contributed by atoms with Crippen molar-refractivity contribution in [3.63, 3.8) is 0 Å². The van der Waals surface area contributed by atoms with Gasteiger partial charge in [0.25, 0.3) is 15.9 Å². The minimum absolute atomic E-state index is 0.0860. The fourth-order valence-corrected chi connectivity index (χ4v) is 4.69. The predicted octanol–water partition coefficient (Wildman–Crippen LogP) is 3.34. The van der Waals surface area contributed by atoms with Gasteiger partial charge in [-0.1, -0.05) is 42.0 Å². The molecule has 2 amide bonds. The van der Waals surface area contributed by atoms with E-state index in [9.17, 15) is 22.4 Å². The lowest BCUT2D eigenvalue weighted by Gasteiger charge is -2.24. The van der Waals surface area contributed by atoms with Gasteiger partial charge < -0.3 is 15.4 Å². The molecule has 3 aromatic carbocycles. The van der Waals surface area contributed by atoms with E-state index in [0.717, 1.165) is 11.6 Å². The number of ether oxygens (including phenoxy) is 1. The number of nitrogens with one attached hydrogen (secondary N) is 2. The van der Waals surface area contributed by atoms with E-state index in [1.807, 2.05) is 0 Å². The Morgan fingerprint density at radius 2 is 1.63 bits per heavy atom. The molecule has 3 aromatic rings. The molecule has 0 atom stereocenters. The Morgan fingerprint density at radius 3 is 2.31 bits per heavy atom. The van der Waals surface area contributed by atoms with Crippen molar-refractivity contribution in [1.82, 2.24) is 5.32 Å². The highest BCUT2D eigenvalue weighted by Gasteiger charge is 2.29. The number of sulfonamides is 1. The number of aryl methyl sites for hydroxylation is 1. The Labute approximate surface area is 203 Å². The van der Waals surface area contributed by atoms with Gasteiger partial charge >= 0.3 is 0 Å². The topological polar surface area (TPSA) is 105 Å². The molecule has 0 bridgehead atoms. The van der Waals surface area contributed by atoms with E-state index in [-0.39, 0.29) is 28.4 Å². The van der Waals surface area contributed by atoms with Gasteiger partial charge in [-0.25, -0.2) is 12.8 Å². The first kappa shape index (κ1) is 25.9. The quantitative estimate of drug-likeness (QED) is 0.417. The first-order valence-corrected chi connectivity index (χ1v) is 12.2. The van der Waals surface area contributed by atoms with Gasteiger partial charge in [0.15, 0.2) is 0 Å². The summed E-state index contributed by atoms with van der Waals surface area (Å²) in [6.07, 6.45) is 0. The number of hydrogen-bond donors (Lipinski definition) is 2. The van der Waals surface area contributed by atoms with Crippen LogP contribution in [0.5, 0.6) is 0 Å². The summed E-state index contributed by atoms with van der Waals surface area (Å²) in [5, 5.41) is 5.24. The van der Waals surface area contributed by atoms with Gasteiger partial charge in [-0.3, -0.25) is 13.9 Å². The van der Waals surface area contributed by atoms with Gasteiger partial charge in [-0.15, -0.1) is 0 Å². The van der Waals surface area contributed by atoms with Crippen LogP contribution in [0.15, 0.2) is 77.7 Å². The number of rotatable bonds is 10. The molecular weight excluding hydrogens is 473 g/mol. The van der Waals surface area contributed by atoms with Crippen LogP contribution in [0.2, 0.25) is 0 Å². The fourth-order valence-electron chi connectivity index (χ4n) is 3.26. The molecule has 0 saturated carbocycles. The maximum absolute atomic E-state index is 14.6. The molecule has 2 N–H and O–H groups in total. The van der Waals surface area contributed by atoms with E-state index < -0.39 is 34.2 Å². The summed E-state index contributed by atoms with van der Waals surface area (Å²) in [6.45, 7) is 1.68. The first-order chi connectivity index (χ1) is 16.7. The van der Waals surface area contributed by atoms with Gasteiger partial charge in [0, 0.05) is 13.7 Å². The number of nitrogens with zero attached hydrogens (tertiary/aromatic N) is 1. The molecular formula is C25H26FN3O5S. The van der Waals surface area contributed by atoms with Gasteiger partial charge in [-0.2, -0.15) is 0 Å². The number of methoxy groups -OCH3 is 1. The fraction of sp³-hybridized carbons (Fsp3) is 0.200. The maximum atomic E-state index is 14.6. The average molecular weight is 500 g/mol. The minimum Gasteiger partial charge on any atom is -0.383 e. The molecule has 0 heterocycles. The summed E-state index contributed by atoms with van der Waals surface area (Å²) in [5.41, 5.74) is 0.956. The summed E-state index contributed by atoms with van der Waals surface area (Å²) >= 11 is 0. The molecule has 0 radical (unpaired) electrons. The molecule has 35 heavy (non-hydrogen) atoms. The van der Waals surface area contributed by atoms with Crippen molar-refractivity contribution in [2.75, 3.05) is 36.4 Å². The summed E-state index contributed by atoms with van der Waals surface area (Å²) in [4.78, 5) is 25.4. The Morgan fingerprint density at radius 1 is 0.971 bits per heavy atom. The molecule has 0 aromatic heterocycles. The van der Waals surface area contributed by atoms with Gasteiger partial charge in [0.05, 0.1) is 28.4 Å². The van der Waals surface area contributed by atoms with Crippen molar-refractivity contribution in [1.29, 1.82) is 0 Å². The number of amides is 2. The number of anilines is 2. The normalized spacial score (nSPS) is 11.1. The number of carbonyl (C=O) groups excluding carboxylic acids is 2. The van der Waals surface area contributed by atoms with Crippen molar-refractivity contribution in [2.24, 2.45) is 0 Å². The highest BCUT2D eigenvalue weighted by atomic mass is 32.2. The van der Waals surface area contributed by atoms with Gasteiger partial charge in [0.1, 0.15) is 12.4 Å². The van der Waals surface area contributed by atoms with Crippen LogP contribution in [0.25, 0.3) is 0 Å². The second kappa shape index (κ2) is 11.6. The predicted molar refractivity (Wildman–Crippen MR) is 131 cm³/mol. The first-order valence-electron chi connectivity index (χ1n) is 10.7. The minimum atomic E-state index is -4.28. The summed E-state index contributed by atoms with van der Waals surface area (Å²) in [6, 6.07) is 17.6. The molecule has 0 saturated heterocycles. The van der Waals surface area contributed by atoms with E-state index in [1.165, 1.54) is 49.6 Å². The summed E-state index contributed by atoms with van der Waals surface area (Å²) in [7, 11) is -2.78. The average Bonchev–Trinajstić information content (AvgIpc) is 2.84. The van der Waals surface area contributed by atoms with E-state index in [0.29, 0.717) is 10.9 Å². The molecule has 0 aliphatic carbocycles. The highest BCUT2D eigenvalue weighted by molar-refractivity contribution is 7.92. The monoisotopic (exact) mass is 499 g/mol. The lowest BCUT2D eigenvalue weighted by atomic mass is 10.1. The SMILES string of the molecule is COCCNC(=O)c1ccccc1NC(=O)CN(c1ccccc1F)S(=O)(=O)c1ccc(C)cc1. The van der Waals surface area contributed by atoms with Gasteiger partial charge in [0.2, 0.25) is 5.91 Å². The van der Waals surface area contributed by atoms with Crippen LogP contribution >= 0.6 is 0 Å². The Kier molecular flexibility index (Phi) is 8.56. The van der Waals surface area contributed by atoms with Crippen LogP contribution < -0.4 is 14.9 Å². The van der Waals surface area contributed by atoms with E-state index in [2.05, 4.69) is 10.6 Å². The summed E-state index contributed by atoms with van der Waals surface area (Å²) < 4.78 is 47.1. The lowest BCUT2D eigenvalue weighted by Crippen LogP contribution is -2.39. The number of carbonyl (C=O) groups is 2. The van der Waals surface area contributed by atoms with E-state index >= 15 is 0 Å².